The molecule has 0 saturated carbocycles. The molecule has 1 N–H and O–H groups in total. The smallest absolute Gasteiger partial charge is 0.392 e. The van der Waals surface area contributed by atoms with Crippen LogP contribution in [0.15, 0.2) is 24.3 Å². The molecule has 1 aliphatic heterocycles. The summed E-state index contributed by atoms with van der Waals surface area (Å²) >= 11 is 0. The van der Waals surface area contributed by atoms with Gasteiger partial charge in [-0.2, -0.15) is 17.5 Å². The third-order valence-corrected chi connectivity index (χ3v) is 5.56. The van der Waals surface area contributed by atoms with Gasteiger partial charge >= 0.3 is 6.18 Å². The molecule has 9 heteroatoms. The molecule has 1 fully saturated rings. The SMILES string of the molecule is COCCS(=O)(=O)N1CC(O)CC1c1ccccc1C(F)(F)F. The Morgan fingerprint density at radius 3 is 2.61 bits per heavy atom. The minimum atomic E-state index is -4.59. The number of aliphatic hydroxyl groups is 1. The predicted octanol–water partition coefficient (Wildman–Crippen LogP) is 1.79. The second kappa shape index (κ2) is 6.76. The van der Waals surface area contributed by atoms with Gasteiger partial charge in [-0.1, -0.05) is 18.2 Å². The molecule has 2 unspecified atom stereocenters. The highest BCUT2D eigenvalue weighted by atomic mass is 32.2. The van der Waals surface area contributed by atoms with Crippen LogP contribution in [0.4, 0.5) is 13.2 Å². The quantitative estimate of drug-likeness (QED) is 0.876. The number of ether oxygens (including phenoxy) is 1. The van der Waals surface area contributed by atoms with E-state index in [4.69, 9.17) is 4.74 Å². The first-order valence-corrected chi connectivity index (χ1v) is 8.60. The fraction of sp³-hybridized carbons (Fsp3) is 0.571. The highest BCUT2D eigenvalue weighted by Crippen LogP contribution is 2.41. The summed E-state index contributed by atoms with van der Waals surface area (Å²) in [6.45, 7) is -0.286. The van der Waals surface area contributed by atoms with Gasteiger partial charge in [0.2, 0.25) is 10.0 Å². The van der Waals surface area contributed by atoms with Gasteiger partial charge in [0.05, 0.1) is 30.1 Å². The number of nitrogens with zero attached hydrogens (tertiary/aromatic N) is 1. The first kappa shape index (κ1) is 18.2. The predicted molar refractivity (Wildman–Crippen MR) is 77.2 cm³/mol. The number of methoxy groups -OCH3 is 1. The topological polar surface area (TPSA) is 66.8 Å². The van der Waals surface area contributed by atoms with Gasteiger partial charge in [-0.05, 0) is 18.1 Å². The molecule has 2 rings (SSSR count). The number of hydrogen-bond donors (Lipinski definition) is 1. The van der Waals surface area contributed by atoms with E-state index >= 15 is 0 Å². The Bertz CT molecular complexity index is 648. The summed E-state index contributed by atoms with van der Waals surface area (Å²) in [7, 11) is -2.50. The van der Waals surface area contributed by atoms with Crippen molar-refractivity contribution in [1.82, 2.24) is 4.31 Å². The molecule has 5 nitrogen and oxygen atoms in total. The van der Waals surface area contributed by atoms with Crippen LogP contribution in [0.25, 0.3) is 0 Å². The maximum atomic E-state index is 13.2. The Morgan fingerprint density at radius 2 is 2.00 bits per heavy atom. The van der Waals surface area contributed by atoms with Crippen LogP contribution in [0.2, 0.25) is 0 Å². The molecule has 0 aliphatic carbocycles. The van der Waals surface area contributed by atoms with E-state index in [-0.39, 0.29) is 30.9 Å². The zero-order valence-electron chi connectivity index (χ0n) is 12.5. The molecule has 1 saturated heterocycles. The summed E-state index contributed by atoms with van der Waals surface area (Å²) in [6, 6.07) is 3.81. The van der Waals surface area contributed by atoms with Crippen LogP contribution in [0.3, 0.4) is 0 Å². The van der Waals surface area contributed by atoms with Gasteiger partial charge in [0.15, 0.2) is 0 Å². The Balaban J connectivity index is 2.42. The third kappa shape index (κ3) is 4.03. The summed E-state index contributed by atoms with van der Waals surface area (Å²) in [5, 5.41) is 9.80. The van der Waals surface area contributed by atoms with E-state index in [1.807, 2.05) is 0 Å². The zero-order valence-corrected chi connectivity index (χ0v) is 13.3. The molecule has 0 spiro atoms. The van der Waals surface area contributed by atoms with Crippen molar-refractivity contribution in [1.29, 1.82) is 0 Å². The summed E-state index contributed by atoms with van der Waals surface area (Å²) in [4.78, 5) is 0. The molecule has 0 amide bonds. The van der Waals surface area contributed by atoms with Crippen molar-refractivity contribution in [3.63, 3.8) is 0 Å². The lowest BCUT2D eigenvalue weighted by molar-refractivity contribution is -0.138. The molecular formula is C14H18F3NO4S. The maximum Gasteiger partial charge on any atom is 0.416 e. The first-order valence-electron chi connectivity index (χ1n) is 6.99. The molecule has 0 radical (unpaired) electrons. The summed E-state index contributed by atoms with van der Waals surface area (Å²) in [6.07, 6.45) is -5.66. The maximum absolute atomic E-state index is 13.2. The second-order valence-electron chi connectivity index (χ2n) is 5.37. The lowest BCUT2D eigenvalue weighted by Gasteiger charge is -2.26. The summed E-state index contributed by atoms with van der Waals surface area (Å²) in [5.74, 6) is -0.346. The van der Waals surface area contributed by atoms with Gasteiger partial charge in [0.25, 0.3) is 0 Å². The van der Waals surface area contributed by atoms with Crippen molar-refractivity contribution in [2.45, 2.75) is 24.7 Å². The van der Waals surface area contributed by atoms with E-state index in [2.05, 4.69) is 0 Å². The van der Waals surface area contributed by atoms with Crippen molar-refractivity contribution in [2.75, 3.05) is 26.0 Å². The van der Waals surface area contributed by atoms with Gasteiger partial charge in [-0.3, -0.25) is 0 Å². The van der Waals surface area contributed by atoms with Gasteiger partial charge in [0.1, 0.15) is 0 Å². The number of β-amino-alcohol motifs (C(OH)–C–C–N with tert-alkyl or cyclic N) is 1. The molecular weight excluding hydrogens is 335 g/mol. The summed E-state index contributed by atoms with van der Waals surface area (Å²) < 4.78 is 69.9. The van der Waals surface area contributed by atoms with E-state index < -0.39 is 33.9 Å². The van der Waals surface area contributed by atoms with Crippen LogP contribution < -0.4 is 0 Å². The molecule has 2 atom stereocenters. The molecule has 1 aromatic carbocycles. The molecule has 0 aromatic heterocycles. The van der Waals surface area contributed by atoms with Crippen LogP contribution in [-0.4, -0.2) is 49.9 Å². The van der Waals surface area contributed by atoms with E-state index in [1.165, 1.54) is 25.3 Å². The minimum Gasteiger partial charge on any atom is -0.392 e. The van der Waals surface area contributed by atoms with Crippen LogP contribution in [0, 0.1) is 0 Å². The average Bonchev–Trinajstić information content (AvgIpc) is 2.87. The first-order chi connectivity index (χ1) is 10.7. The van der Waals surface area contributed by atoms with Crippen LogP contribution in [0.5, 0.6) is 0 Å². The monoisotopic (exact) mass is 353 g/mol. The molecule has 130 valence electrons. The van der Waals surface area contributed by atoms with Gasteiger partial charge < -0.3 is 9.84 Å². The van der Waals surface area contributed by atoms with Crippen molar-refractivity contribution < 1.29 is 31.4 Å². The number of benzene rings is 1. The van der Waals surface area contributed by atoms with Crippen molar-refractivity contribution in [2.24, 2.45) is 0 Å². The fourth-order valence-corrected chi connectivity index (χ4v) is 4.32. The standard InChI is InChI=1S/C14H18F3NO4S/c1-22-6-7-23(20,21)18-9-10(19)8-13(18)11-4-2-3-5-12(11)14(15,16)17/h2-5,10,13,19H,6-9H2,1H3. The number of hydrogen-bond acceptors (Lipinski definition) is 4. The Hall–Kier alpha value is -1.16. The lowest BCUT2D eigenvalue weighted by Crippen LogP contribution is -2.35. The summed E-state index contributed by atoms with van der Waals surface area (Å²) in [5.41, 5.74) is -1.02. The number of halogens is 3. The van der Waals surface area contributed by atoms with E-state index in [1.54, 1.807) is 0 Å². The molecule has 23 heavy (non-hydrogen) atoms. The Kier molecular flexibility index (Phi) is 5.34. The van der Waals surface area contributed by atoms with Crippen LogP contribution in [0.1, 0.15) is 23.6 Å². The second-order valence-corrected chi connectivity index (χ2v) is 7.41. The number of rotatable bonds is 5. The van der Waals surface area contributed by atoms with Crippen molar-refractivity contribution >= 4 is 10.0 Å². The van der Waals surface area contributed by atoms with E-state index in [0.29, 0.717) is 0 Å². The average molecular weight is 353 g/mol. The number of sulfonamides is 1. The molecule has 1 heterocycles. The van der Waals surface area contributed by atoms with E-state index in [0.717, 1.165) is 10.4 Å². The highest BCUT2D eigenvalue weighted by molar-refractivity contribution is 7.89. The van der Waals surface area contributed by atoms with Gasteiger partial charge in [-0.25, -0.2) is 8.42 Å². The van der Waals surface area contributed by atoms with Gasteiger partial charge in [0, 0.05) is 13.7 Å². The largest absolute Gasteiger partial charge is 0.416 e. The Labute approximate surface area is 132 Å². The number of alkyl halides is 3. The zero-order chi connectivity index (χ0) is 17.3. The van der Waals surface area contributed by atoms with E-state index in [9.17, 15) is 26.7 Å². The highest BCUT2D eigenvalue weighted by Gasteiger charge is 2.43. The number of aliphatic hydroxyl groups excluding tert-OH is 1. The Morgan fingerprint density at radius 1 is 1.35 bits per heavy atom. The molecule has 0 bridgehead atoms. The minimum absolute atomic E-state index is 0.0669. The lowest BCUT2D eigenvalue weighted by atomic mass is 9.98. The third-order valence-electron chi connectivity index (χ3n) is 3.76. The molecule has 1 aromatic rings. The van der Waals surface area contributed by atoms with Crippen LogP contribution >= 0.6 is 0 Å². The van der Waals surface area contributed by atoms with Crippen molar-refractivity contribution in [3.05, 3.63) is 35.4 Å². The normalized spacial score (nSPS) is 23.3. The van der Waals surface area contributed by atoms with Crippen molar-refractivity contribution in [3.8, 4) is 0 Å². The fourth-order valence-electron chi connectivity index (χ4n) is 2.73. The van der Waals surface area contributed by atoms with Crippen LogP contribution in [-0.2, 0) is 20.9 Å². The molecule has 1 aliphatic rings. The van der Waals surface area contributed by atoms with Gasteiger partial charge in [-0.15, -0.1) is 0 Å².